The lowest BCUT2D eigenvalue weighted by Crippen LogP contribution is -2.43. The van der Waals surface area contributed by atoms with Crippen LogP contribution in [0.15, 0.2) is 4.42 Å². The molecule has 4 heterocycles. The highest BCUT2D eigenvalue weighted by Gasteiger charge is 2.34. The molecule has 1 aromatic rings. The molecule has 8 nitrogen and oxygen atoms in total. The van der Waals surface area contributed by atoms with Crippen molar-refractivity contribution in [3.63, 3.8) is 0 Å². The van der Waals surface area contributed by atoms with Crippen molar-refractivity contribution in [1.82, 2.24) is 9.29 Å². The molecule has 4 rings (SSSR count). The highest BCUT2D eigenvalue weighted by atomic mass is 32.2. The van der Waals surface area contributed by atoms with E-state index in [2.05, 4.69) is 4.98 Å². The molecule has 3 aliphatic rings. The highest BCUT2D eigenvalue weighted by Crippen LogP contribution is 2.30. The summed E-state index contributed by atoms with van der Waals surface area (Å²) in [6.07, 6.45) is 1.98. The lowest BCUT2D eigenvalue weighted by atomic mass is 10.0. The maximum Gasteiger partial charge on any atom is 0.217 e. The second-order valence-corrected chi connectivity index (χ2v) is 8.75. The molecule has 0 N–H and O–H groups in total. The van der Waals surface area contributed by atoms with E-state index in [1.54, 1.807) is 0 Å². The Bertz CT molecular complexity index is 691. The maximum atomic E-state index is 12.7. The summed E-state index contributed by atoms with van der Waals surface area (Å²) in [4.78, 5) is 4.60. The van der Waals surface area contributed by atoms with Gasteiger partial charge in [0.25, 0.3) is 0 Å². The van der Waals surface area contributed by atoms with Crippen LogP contribution >= 0.6 is 0 Å². The molecule has 1 atom stereocenters. The van der Waals surface area contributed by atoms with Gasteiger partial charge in [-0.05, 0) is 12.8 Å². The van der Waals surface area contributed by atoms with Gasteiger partial charge in [-0.15, -0.1) is 0 Å². The van der Waals surface area contributed by atoms with Crippen LogP contribution in [0.4, 0.5) is 0 Å². The average molecular weight is 372 g/mol. The first kappa shape index (κ1) is 17.4. The number of rotatable bonds is 4. The Labute approximate surface area is 147 Å². The van der Waals surface area contributed by atoms with Crippen LogP contribution in [0, 0.1) is 0 Å². The molecular weight excluding hydrogens is 348 g/mol. The molecule has 0 amide bonds. The molecule has 0 aliphatic carbocycles. The Morgan fingerprint density at radius 3 is 2.72 bits per heavy atom. The van der Waals surface area contributed by atoms with Crippen molar-refractivity contribution in [3.8, 4) is 0 Å². The highest BCUT2D eigenvalue weighted by molar-refractivity contribution is 7.89. The number of aromatic nitrogens is 1. The molecule has 0 aromatic carbocycles. The number of hydrogen-bond acceptors (Lipinski definition) is 7. The molecule has 0 saturated carbocycles. The fourth-order valence-corrected chi connectivity index (χ4v) is 5.09. The van der Waals surface area contributed by atoms with Gasteiger partial charge in [0.1, 0.15) is 5.76 Å². The molecule has 2 saturated heterocycles. The van der Waals surface area contributed by atoms with E-state index < -0.39 is 16.1 Å². The van der Waals surface area contributed by atoms with Gasteiger partial charge in [-0.3, -0.25) is 0 Å². The van der Waals surface area contributed by atoms with E-state index in [1.165, 1.54) is 4.31 Å². The van der Waals surface area contributed by atoms with Gasteiger partial charge < -0.3 is 18.6 Å². The summed E-state index contributed by atoms with van der Waals surface area (Å²) in [6, 6.07) is 0. The third-order valence-electron chi connectivity index (χ3n) is 4.95. The van der Waals surface area contributed by atoms with E-state index in [4.69, 9.17) is 18.6 Å². The molecule has 1 unspecified atom stereocenters. The third kappa shape index (κ3) is 3.90. The molecular formula is C16H24N2O6S. The summed E-state index contributed by atoms with van der Waals surface area (Å²) >= 11 is 0. The summed E-state index contributed by atoms with van der Waals surface area (Å²) < 4.78 is 48.9. The second-order valence-electron chi connectivity index (χ2n) is 6.74. The molecule has 9 heteroatoms. The number of hydrogen-bond donors (Lipinski definition) is 0. The van der Waals surface area contributed by atoms with Crippen LogP contribution < -0.4 is 0 Å². The van der Waals surface area contributed by atoms with E-state index in [-0.39, 0.29) is 18.2 Å². The molecule has 25 heavy (non-hydrogen) atoms. The first-order valence-corrected chi connectivity index (χ1v) is 10.5. The normalized spacial score (nSPS) is 26.5. The van der Waals surface area contributed by atoms with E-state index in [0.29, 0.717) is 32.8 Å². The van der Waals surface area contributed by atoms with Crippen molar-refractivity contribution in [2.24, 2.45) is 0 Å². The van der Waals surface area contributed by atoms with Gasteiger partial charge >= 0.3 is 0 Å². The Kier molecular flexibility index (Phi) is 5.10. The van der Waals surface area contributed by atoms with E-state index in [1.807, 2.05) is 0 Å². The predicted octanol–water partition coefficient (Wildman–Crippen LogP) is 0.672. The predicted molar refractivity (Wildman–Crippen MR) is 87.8 cm³/mol. The van der Waals surface area contributed by atoms with Gasteiger partial charge in [-0.2, -0.15) is 4.31 Å². The first-order chi connectivity index (χ1) is 12.1. The number of nitrogens with zero attached hydrogens (tertiary/aromatic N) is 2. The number of fused-ring (bicyclic) bond motifs is 1. The van der Waals surface area contributed by atoms with E-state index in [0.717, 1.165) is 43.4 Å². The van der Waals surface area contributed by atoms with E-state index in [9.17, 15) is 8.42 Å². The van der Waals surface area contributed by atoms with Crippen LogP contribution in [0.1, 0.15) is 36.1 Å². The fourth-order valence-electron chi connectivity index (χ4n) is 3.52. The van der Waals surface area contributed by atoms with Gasteiger partial charge in [0.05, 0.1) is 43.9 Å². The Balaban J connectivity index is 1.43. The summed E-state index contributed by atoms with van der Waals surface area (Å²) in [6.45, 7) is 3.45. The zero-order valence-electron chi connectivity index (χ0n) is 14.2. The van der Waals surface area contributed by atoms with Crippen LogP contribution in [-0.2, 0) is 37.2 Å². The van der Waals surface area contributed by atoms with Crippen LogP contribution in [0.2, 0.25) is 0 Å². The van der Waals surface area contributed by atoms with Crippen molar-refractivity contribution in [2.45, 2.75) is 37.8 Å². The topological polar surface area (TPSA) is 91.1 Å². The van der Waals surface area contributed by atoms with Crippen LogP contribution in [0.5, 0.6) is 0 Å². The number of sulfonamides is 1. The smallest absolute Gasteiger partial charge is 0.217 e. The van der Waals surface area contributed by atoms with Crippen LogP contribution in [0.3, 0.4) is 0 Å². The molecule has 140 valence electrons. The number of oxazole rings is 1. The zero-order chi connectivity index (χ0) is 17.3. The molecule has 0 spiro atoms. The summed E-state index contributed by atoms with van der Waals surface area (Å²) in [7, 11) is -3.41. The Morgan fingerprint density at radius 2 is 1.96 bits per heavy atom. The molecule has 0 radical (unpaired) electrons. The van der Waals surface area contributed by atoms with Crippen molar-refractivity contribution < 1.29 is 27.0 Å². The zero-order valence-corrected chi connectivity index (χ0v) is 15.0. The minimum absolute atomic E-state index is 0.0486. The lowest BCUT2D eigenvalue weighted by molar-refractivity contribution is -0.0785. The van der Waals surface area contributed by atoms with Crippen molar-refractivity contribution >= 4 is 10.0 Å². The molecule has 0 bridgehead atoms. The van der Waals surface area contributed by atoms with E-state index >= 15 is 0 Å². The standard InChI is InChI=1S/C16H24N2O6S/c19-25(20,11-13-10-22-7-8-23-13)18-4-1-15-14(9-18)17-16(24-15)12-2-5-21-6-3-12/h12-13H,1-11H2. The molecule has 2 fully saturated rings. The van der Waals surface area contributed by atoms with Crippen molar-refractivity contribution in [3.05, 3.63) is 17.3 Å². The van der Waals surface area contributed by atoms with Gasteiger partial charge in [-0.25, -0.2) is 13.4 Å². The van der Waals surface area contributed by atoms with Gasteiger partial charge in [0.15, 0.2) is 5.89 Å². The van der Waals surface area contributed by atoms with Gasteiger partial charge in [0, 0.05) is 32.1 Å². The quantitative estimate of drug-likeness (QED) is 0.767. The van der Waals surface area contributed by atoms with Crippen molar-refractivity contribution in [1.29, 1.82) is 0 Å². The summed E-state index contributed by atoms with van der Waals surface area (Å²) in [5.74, 6) is 1.78. The minimum atomic E-state index is -3.41. The largest absolute Gasteiger partial charge is 0.445 e. The van der Waals surface area contributed by atoms with Crippen LogP contribution in [-0.4, -0.2) is 69.1 Å². The molecule has 3 aliphatic heterocycles. The monoisotopic (exact) mass is 372 g/mol. The summed E-state index contributed by atoms with van der Waals surface area (Å²) in [5, 5.41) is 0. The van der Waals surface area contributed by atoms with Crippen LogP contribution in [0.25, 0.3) is 0 Å². The fraction of sp³-hybridized carbons (Fsp3) is 0.812. The SMILES string of the molecule is O=S(=O)(CC1COCCO1)N1CCc2oc(C3CCOCC3)nc2C1. The first-order valence-electron chi connectivity index (χ1n) is 8.85. The molecule has 1 aromatic heterocycles. The lowest BCUT2D eigenvalue weighted by Gasteiger charge is -2.28. The Hall–Kier alpha value is -1.00. The Morgan fingerprint density at radius 1 is 1.12 bits per heavy atom. The maximum absolute atomic E-state index is 12.7. The van der Waals surface area contributed by atoms with Gasteiger partial charge in [0.2, 0.25) is 10.0 Å². The second kappa shape index (κ2) is 7.32. The van der Waals surface area contributed by atoms with Gasteiger partial charge in [-0.1, -0.05) is 0 Å². The third-order valence-corrected chi connectivity index (χ3v) is 6.85. The average Bonchev–Trinajstić information content (AvgIpc) is 3.06. The minimum Gasteiger partial charge on any atom is -0.445 e. The summed E-state index contributed by atoms with van der Waals surface area (Å²) in [5.41, 5.74) is 0.747. The van der Waals surface area contributed by atoms with Crippen molar-refractivity contribution in [2.75, 3.05) is 45.3 Å². The number of ether oxygens (including phenoxy) is 3.